The minimum absolute atomic E-state index is 0.0476. The third-order valence-electron chi connectivity index (χ3n) is 2.91. The van der Waals surface area contributed by atoms with Crippen LogP contribution in [0.1, 0.15) is 34.6 Å². The number of benzene rings is 1. The van der Waals surface area contributed by atoms with Gasteiger partial charge in [0, 0.05) is 11.6 Å². The highest BCUT2D eigenvalue weighted by molar-refractivity contribution is 5.87. The SMILES string of the molecule is CC(NCc1cc(C(=O)O)co1)c1cc(F)ccc1F. The highest BCUT2D eigenvalue weighted by Gasteiger charge is 2.13. The van der Waals surface area contributed by atoms with Crippen LogP contribution in [0.5, 0.6) is 0 Å². The second-order valence-electron chi connectivity index (χ2n) is 4.38. The van der Waals surface area contributed by atoms with Crippen LogP contribution in [0.4, 0.5) is 8.78 Å². The molecular weight excluding hydrogens is 268 g/mol. The van der Waals surface area contributed by atoms with Crippen molar-refractivity contribution in [3.63, 3.8) is 0 Å². The minimum Gasteiger partial charge on any atom is -0.478 e. The fraction of sp³-hybridized carbons (Fsp3) is 0.214. The highest BCUT2D eigenvalue weighted by atomic mass is 19.1. The molecule has 1 unspecified atom stereocenters. The Morgan fingerprint density at radius 1 is 1.40 bits per heavy atom. The fourth-order valence-electron chi connectivity index (χ4n) is 1.80. The van der Waals surface area contributed by atoms with Crippen LogP contribution in [0, 0.1) is 11.6 Å². The third-order valence-corrected chi connectivity index (χ3v) is 2.91. The van der Waals surface area contributed by atoms with Gasteiger partial charge in [0.05, 0.1) is 12.1 Å². The molecule has 0 saturated heterocycles. The molecule has 2 aromatic rings. The van der Waals surface area contributed by atoms with E-state index in [0.29, 0.717) is 5.76 Å². The van der Waals surface area contributed by atoms with Crippen LogP contribution in [-0.2, 0) is 6.54 Å². The Hall–Kier alpha value is -2.21. The summed E-state index contributed by atoms with van der Waals surface area (Å²) in [6.07, 6.45) is 1.13. The Bertz CT molecular complexity index is 625. The van der Waals surface area contributed by atoms with Crippen molar-refractivity contribution in [1.82, 2.24) is 5.32 Å². The van der Waals surface area contributed by atoms with E-state index in [9.17, 15) is 13.6 Å². The van der Waals surface area contributed by atoms with E-state index in [0.717, 1.165) is 24.5 Å². The molecule has 2 rings (SSSR count). The van der Waals surface area contributed by atoms with Gasteiger partial charge in [-0.3, -0.25) is 0 Å². The molecular formula is C14H13F2NO3. The molecule has 20 heavy (non-hydrogen) atoms. The highest BCUT2D eigenvalue weighted by Crippen LogP contribution is 2.18. The Morgan fingerprint density at radius 2 is 2.15 bits per heavy atom. The van der Waals surface area contributed by atoms with Crippen LogP contribution in [0.25, 0.3) is 0 Å². The number of hydrogen-bond acceptors (Lipinski definition) is 3. The molecule has 1 aromatic heterocycles. The van der Waals surface area contributed by atoms with E-state index < -0.39 is 23.6 Å². The Kier molecular flexibility index (Phi) is 4.14. The average molecular weight is 281 g/mol. The molecule has 0 amide bonds. The average Bonchev–Trinajstić information content (AvgIpc) is 2.88. The van der Waals surface area contributed by atoms with E-state index in [2.05, 4.69) is 5.32 Å². The number of carboxylic acid groups (broad SMARTS) is 1. The molecule has 0 saturated carbocycles. The number of hydrogen-bond donors (Lipinski definition) is 2. The molecule has 0 radical (unpaired) electrons. The molecule has 0 aliphatic carbocycles. The first-order chi connectivity index (χ1) is 9.47. The largest absolute Gasteiger partial charge is 0.478 e. The van der Waals surface area contributed by atoms with Gasteiger partial charge < -0.3 is 14.8 Å². The zero-order chi connectivity index (χ0) is 14.7. The van der Waals surface area contributed by atoms with E-state index in [1.165, 1.54) is 6.07 Å². The monoisotopic (exact) mass is 281 g/mol. The van der Waals surface area contributed by atoms with Crippen LogP contribution < -0.4 is 5.32 Å². The van der Waals surface area contributed by atoms with Crippen LogP contribution >= 0.6 is 0 Å². The molecule has 1 heterocycles. The standard InChI is InChI=1S/C14H13F2NO3/c1-8(12-5-10(15)2-3-13(12)16)17-6-11-4-9(7-20-11)14(18)19/h2-5,7-8,17H,6H2,1H3,(H,18,19). The lowest BCUT2D eigenvalue weighted by Crippen LogP contribution is -2.19. The normalized spacial score (nSPS) is 12.3. The first-order valence-electron chi connectivity index (χ1n) is 5.96. The van der Waals surface area contributed by atoms with Gasteiger partial charge in [0.25, 0.3) is 0 Å². The molecule has 0 aliphatic heterocycles. The lowest BCUT2D eigenvalue weighted by atomic mass is 10.1. The Morgan fingerprint density at radius 3 is 2.80 bits per heavy atom. The van der Waals surface area contributed by atoms with Gasteiger partial charge in [-0.2, -0.15) is 0 Å². The van der Waals surface area contributed by atoms with Gasteiger partial charge >= 0.3 is 5.97 Å². The first-order valence-corrected chi connectivity index (χ1v) is 5.96. The van der Waals surface area contributed by atoms with Gasteiger partial charge in [-0.25, -0.2) is 13.6 Å². The predicted molar refractivity (Wildman–Crippen MR) is 67.3 cm³/mol. The lowest BCUT2D eigenvalue weighted by Gasteiger charge is -2.14. The molecule has 1 aromatic carbocycles. The van der Waals surface area contributed by atoms with Crippen molar-refractivity contribution >= 4 is 5.97 Å². The van der Waals surface area contributed by atoms with Crippen LogP contribution in [0.15, 0.2) is 34.9 Å². The van der Waals surface area contributed by atoms with Crippen LogP contribution in [-0.4, -0.2) is 11.1 Å². The van der Waals surface area contributed by atoms with E-state index in [4.69, 9.17) is 9.52 Å². The molecule has 106 valence electrons. The smallest absolute Gasteiger partial charge is 0.338 e. The minimum atomic E-state index is -1.08. The molecule has 0 bridgehead atoms. The number of rotatable bonds is 5. The summed E-state index contributed by atoms with van der Waals surface area (Å²) in [6.45, 7) is 1.89. The van der Waals surface area contributed by atoms with Crippen molar-refractivity contribution in [2.75, 3.05) is 0 Å². The summed E-state index contributed by atoms with van der Waals surface area (Å²) in [6, 6.07) is 4.18. The van der Waals surface area contributed by atoms with E-state index in [-0.39, 0.29) is 17.7 Å². The summed E-state index contributed by atoms with van der Waals surface area (Å²) in [7, 11) is 0. The number of halogens is 2. The molecule has 0 aliphatic rings. The fourth-order valence-corrected chi connectivity index (χ4v) is 1.80. The topological polar surface area (TPSA) is 62.5 Å². The summed E-state index contributed by atoms with van der Waals surface area (Å²) in [5.41, 5.74) is 0.251. The number of carboxylic acids is 1. The maximum Gasteiger partial charge on any atom is 0.338 e. The van der Waals surface area contributed by atoms with E-state index >= 15 is 0 Å². The van der Waals surface area contributed by atoms with Crippen LogP contribution in [0.2, 0.25) is 0 Å². The summed E-state index contributed by atoms with van der Waals surface area (Å²) < 4.78 is 31.7. The zero-order valence-corrected chi connectivity index (χ0v) is 10.7. The molecule has 1 atom stereocenters. The number of aromatic carboxylic acids is 1. The van der Waals surface area contributed by atoms with E-state index in [1.807, 2.05) is 0 Å². The van der Waals surface area contributed by atoms with Gasteiger partial charge in [0.2, 0.25) is 0 Å². The van der Waals surface area contributed by atoms with E-state index in [1.54, 1.807) is 6.92 Å². The molecule has 2 N–H and O–H groups in total. The molecule has 0 fully saturated rings. The predicted octanol–water partition coefficient (Wildman–Crippen LogP) is 3.11. The summed E-state index contributed by atoms with van der Waals surface area (Å²) >= 11 is 0. The van der Waals surface area contributed by atoms with Crippen molar-refractivity contribution in [3.8, 4) is 0 Å². The maximum atomic E-state index is 13.5. The molecule has 0 spiro atoms. The van der Waals surface area contributed by atoms with Crippen LogP contribution in [0.3, 0.4) is 0 Å². The van der Waals surface area contributed by atoms with Crippen molar-refractivity contribution in [1.29, 1.82) is 0 Å². The van der Waals surface area contributed by atoms with Crippen molar-refractivity contribution < 1.29 is 23.1 Å². The van der Waals surface area contributed by atoms with Gasteiger partial charge in [0.15, 0.2) is 0 Å². The van der Waals surface area contributed by atoms with Gasteiger partial charge in [-0.05, 0) is 31.2 Å². The molecule has 4 nitrogen and oxygen atoms in total. The van der Waals surface area contributed by atoms with Crippen molar-refractivity contribution in [2.45, 2.75) is 19.5 Å². The third kappa shape index (κ3) is 3.21. The zero-order valence-electron chi connectivity index (χ0n) is 10.7. The second kappa shape index (κ2) is 5.83. The maximum absolute atomic E-state index is 13.5. The summed E-state index contributed by atoms with van der Waals surface area (Å²) in [5, 5.41) is 11.7. The van der Waals surface area contributed by atoms with Gasteiger partial charge in [-0.1, -0.05) is 0 Å². The number of nitrogens with one attached hydrogen (secondary N) is 1. The Labute approximate surface area is 114 Å². The first kappa shape index (κ1) is 14.2. The quantitative estimate of drug-likeness (QED) is 0.884. The van der Waals surface area contributed by atoms with Gasteiger partial charge in [-0.15, -0.1) is 0 Å². The van der Waals surface area contributed by atoms with Crippen molar-refractivity contribution in [2.24, 2.45) is 0 Å². The second-order valence-corrected chi connectivity index (χ2v) is 4.38. The summed E-state index contributed by atoms with van der Waals surface area (Å²) in [4.78, 5) is 10.7. The van der Waals surface area contributed by atoms with Gasteiger partial charge in [0.1, 0.15) is 23.7 Å². The number of furan rings is 1. The molecule has 6 heteroatoms. The Balaban J connectivity index is 2.02. The van der Waals surface area contributed by atoms with Crippen molar-refractivity contribution in [3.05, 3.63) is 59.1 Å². The lowest BCUT2D eigenvalue weighted by molar-refractivity contribution is 0.0696. The number of carbonyl (C=O) groups is 1. The summed E-state index contributed by atoms with van der Waals surface area (Å²) in [5.74, 6) is -1.69.